The van der Waals surface area contributed by atoms with Gasteiger partial charge < -0.3 is 14.8 Å². The van der Waals surface area contributed by atoms with Crippen molar-refractivity contribution >= 4 is 0 Å². The highest BCUT2D eigenvalue weighted by molar-refractivity contribution is 5.50. The summed E-state index contributed by atoms with van der Waals surface area (Å²) in [6.07, 6.45) is 2.06. The van der Waals surface area contributed by atoms with E-state index < -0.39 is 0 Å². The topological polar surface area (TPSA) is 30.5 Å². The molecule has 0 bridgehead atoms. The van der Waals surface area contributed by atoms with E-state index in [1.807, 2.05) is 0 Å². The Morgan fingerprint density at radius 1 is 1.10 bits per heavy atom. The van der Waals surface area contributed by atoms with Crippen LogP contribution in [0.4, 0.5) is 0 Å². The van der Waals surface area contributed by atoms with Crippen molar-refractivity contribution in [2.75, 3.05) is 13.3 Å². The molecule has 0 amide bonds. The van der Waals surface area contributed by atoms with Gasteiger partial charge in [0.1, 0.15) is 0 Å². The maximum atomic E-state index is 5.53. The van der Waals surface area contributed by atoms with Crippen LogP contribution < -0.4 is 14.8 Å². The second-order valence-electron chi connectivity index (χ2n) is 5.85. The molecule has 3 heteroatoms. The molecule has 0 spiro atoms. The summed E-state index contributed by atoms with van der Waals surface area (Å²) in [4.78, 5) is 0. The van der Waals surface area contributed by atoms with Crippen LogP contribution in [0.15, 0.2) is 36.4 Å². The van der Waals surface area contributed by atoms with Gasteiger partial charge >= 0.3 is 0 Å². The third kappa shape index (κ3) is 2.38. The van der Waals surface area contributed by atoms with E-state index in [9.17, 15) is 0 Å². The fourth-order valence-electron chi connectivity index (χ4n) is 3.17. The SMILES string of the molecule is Cc1ccc(CC2NCCc3cc4c(cc32)OCO4)cc1. The smallest absolute Gasteiger partial charge is 0.231 e. The maximum absolute atomic E-state index is 5.53. The highest BCUT2D eigenvalue weighted by Crippen LogP contribution is 2.38. The number of benzene rings is 2. The molecule has 1 N–H and O–H groups in total. The van der Waals surface area contributed by atoms with Gasteiger partial charge in [0.2, 0.25) is 6.79 Å². The van der Waals surface area contributed by atoms with Gasteiger partial charge in [-0.3, -0.25) is 0 Å². The fraction of sp³-hybridized carbons (Fsp3) is 0.333. The van der Waals surface area contributed by atoms with Crippen molar-refractivity contribution in [3.8, 4) is 11.5 Å². The summed E-state index contributed by atoms with van der Waals surface area (Å²) in [5.41, 5.74) is 5.41. The molecular weight excluding hydrogens is 262 g/mol. The molecule has 0 saturated heterocycles. The van der Waals surface area contributed by atoms with Crippen LogP contribution in [-0.2, 0) is 12.8 Å². The van der Waals surface area contributed by atoms with E-state index in [-0.39, 0.29) is 0 Å². The van der Waals surface area contributed by atoms with Gasteiger partial charge in [0, 0.05) is 6.04 Å². The van der Waals surface area contributed by atoms with Crippen molar-refractivity contribution in [1.29, 1.82) is 0 Å². The fourth-order valence-corrected chi connectivity index (χ4v) is 3.17. The minimum atomic E-state index is 0.342. The average Bonchev–Trinajstić information content (AvgIpc) is 2.95. The molecule has 0 aromatic heterocycles. The molecular formula is C18H19NO2. The standard InChI is InChI=1S/C18H19NO2/c1-12-2-4-13(5-3-12)8-16-15-10-18-17(20-11-21-18)9-14(15)6-7-19-16/h2-5,9-10,16,19H,6-8,11H2,1H3. The van der Waals surface area contributed by atoms with Crippen molar-refractivity contribution in [1.82, 2.24) is 5.32 Å². The summed E-state index contributed by atoms with van der Waals surface area (Å²) in [7, 11) is 0. The highest BCUT2D eigenvalue weighted by atomic mass is 16.7. The molecule has 0 saturated carbocycles. The van der Waals surface area contributed by atoms with Crippen LogP contribution in [0.3, 0.4) is 0 Å². The van der Waals surface area contributed by atoms with Gasteiger partial charge in [-0.2, -0.15) is 0 Å². The lowest BCUT2D eigenvalue weighted by Gasteiger charge is -2.27. The van der Waals surface area contributed by atoms with E-state index in [4.69, 9.17) is 9.47 Å². The van der Waals surface area contributed by atoms with Crippen LogP contribution in [0, 0.1) is 6.92 Å². The van der Waals surface area contributed by atoms with Crippen molar-refractivity contribution in [2.45, 2.75) is 25.8 Å². The van der Waals surface area contributed by atoms with Crippen LogP contribution in [0.1, 0.15) is 28.3 Å². The normalized spacial score (nSPS) is 19.4. The molecule has 2 aliphatic rings. The summed E-state index contributed by atoms with van der Waals surface area (Å²) in [5, 5.41) is 3.63. The maximum Gasteiger partial charge on any atom is 0.231 e. The summed E-state index contributed by atoms with van der Waals surface area (Å²) < 4.78 is 11.0. The molecule has 1 atom stereocenters. The number of hydrogen-bond acceptors (Lipinski definition) is 3. The Bertz CT molecular complexity index is 664. The Labute approximate surface area is 124 Å². The number of rotatable bonds is 2. The molecule has 108 valence electrons. The Kier molecular flexibility index (Phi) is 3.08. The van der Waals surface area contributed by atoms with Crippen molar-refractivity contribution in [3.63, 3.8) is 0 Å². The van der Waals surface area contributed by atoms with Gasteiger partial charge in [0.15, 0.2) is 11.5 Å². The molecule has 2 aliphatic heterocycles. The van der Waals surface area contributed by atoms with E-state index in [0.29, 0.717) is 12.8 Å². The summed E-state index contributed by atoms with van der Waals surface area (Å²) in [5.74, 6) is 1.77. The first-order valence-corrected chi connectivity index (χ1v) is 7.51. The molecule has 0 radical (unpaired) electrons. The van der Waals surface area contributed by atoms with E-state index in [1.54, 1.807) is 0 Å². The molecule has 21 heavy (non-hydrogen) atoms. The van der Waals surface area contributed by atoms with Crippen LogP contribution in [-0.4, -0.2) is 13.3 Å². The van der Waals surface area contributed by atoms with Crippen molar-refractivity contribution < 1.29 is 9.47 Å². The number of aryl methyl sites for hydroxylation is 1. The quantitative estimate of drug-likeness (QED) is 0.917. The van der Waals surface area contributed by atoms with Crippen LogP contribution in [0.2, 0.25) is 0 Å². The molecule has 1 unspecified atom stereocenters. The van der Waals surface area contributed by atoms with E-state index in [2.05, 4.69) is 48.6 Å². The molecule has 4 rings (SSSR count). The van der Waals surface area contributed by atoms with E-state index in [1.165, 1.54) is 22.3 Å². The average molecular weight is 281 g/mol. The zero-order valence-electron chi connectivity index (χ0n) is 12.2. The summed E-state index contributed by atoms with van der Waals surface area (Å²) in [6, 6.07) is 13.5. The predicted octanol–water partition coefficient (Wildman–Crippen LogP) is 3.15. The Morgan fingerprint density at radius 3 is 2.67 bits per heavy atom. The molecule has 0 fully saturated rings. The summed E-state index contributed by atoms with van der Waals surface area (Å²) >= 11 is 0. The monoisotopic (exact) mass is 281 g/mol. The number of nitrogens with one attached hydrogen (secondary N) is 1. The molecule has 2 aromatic rings. The Hall–Kier alpha value is -2.00. The second kappa shape index (κ2) is 5.08. The lowest BCUT2D eigenvalue weighted by Crippen LogP contribution is -2.31. The first-order valence-electron chi connectivity index (χ1n) is 7.51. The van der Waals surface area contributed by atoms with E-state index >= 15 is 0 Å². The zero-order valence-corrected chi connectivity index (χ0v) is 12.2. The lowest BCUT2D eigenvalue weighted by atomic mass is 9.90. The van der Waals surface area contributed by atoms with Gasteiger partial charge in [0.05, 0.1) is 0 Å². The largest absolute Gasteiger partial charge is 0.454 e. The van der Waals surface area contributed by atoms with Crippen molar-refractivity contribution in [2.24, 2.45) is 0 Å². The van der Waals surface area contributed by atoms with Crippen LogP contribution >= 0.6 is 0 Å². The zero-order chi connectivity index (χ0) is 14.2. The minimum Gasteiger partial charge on any atom is -0.454 e. The number of ether oxygens (including phenoxy) is 2. The Balaban J connectivity index is 1.65. The second-order valence-corrected chi connectivity index (χ2v) is 5.85. The Morgan fingerprint density at radius 2 is 1.86 bits per heavy atom. The van der Waals surface area contributed by atoms with Gasteiger partial charge in [-0.25, -0.2) is 0 Å². The first kappa shape index (κ1) is 12.7. The van der Waals surface area contributed by atoms with E-state index in [0.717, 1.165) is 30.9 Å². The first-order chi connectivity index (χ1) is 10.3. The van der Waals surface area contributed by atoms with Crippen LogP contribution in [0.5, 0.6) is 11.5 Å². The van der Waals surface area contributed by atoms with Crippen LogP contribution in [0.25, 0.3) is 0 Å². The number of fused-ring (bicyclic) bond motifs is 2. The summed E-state index contributed by atoms with van der Waals surface area (Å²) in [6.45, 7) is 3.48. The number of hydrogen-bond donors (Lipinski definition) is 1. The lowest BCUT2D eigenvalue weighted by molar-refractivity contribution is 0.174. The van der Waals surface area contributed by atoms with Gasteiger partial charge in [-0.05, 0) is 55.1 Å². The minimum absolute atomic E-state index is 0.342. The highest BCUT2D eigenvalue weighted by Gasteiger charge is 2.24. The third-order valence-electron chi connectivity index (χ3n) is 4.36. The molecule has 3 nitrogen and oxygen atoms in total. The predicted molar refractivity (Wildman–Crippen MR) is 81.9 cm³/mol. The molecule has 0 aliphatic carbocycles. The van der Waals surface area contributed by atoms with Gasteiger partial charge in [-0.1, -0.05) is 29.8 Å². The molecule has 2 aromatic carbocycles. The van der Waals surface area contributed by atoms with Crippen molar-refractivity contribution in [3.05, 3.63) is 58.7 Å². The third-order valence-corrected chi connectivity index (χ3v) is 4.36. The molecule has 2 heterocycles. The van der Waals surface area contributed by atoms with Gasteiger partial charge in [0.25, 0.3) is 0 Å². The van der Waals surface area contributed by atoms with Gasteiger partial charge in [-0.15, -0.1) is 0 Å².